The summed E-state index contributed by atoms with van der Waals surface area (Å²) in [5.74, 6) is 0. The van der Waals surface area contributed by atoms with Gasteiger partial charge in [-0.1, -0.05) is 119 Å². The summed E-state index contributed by atoms with van der Waals surface area (Å²) >= 11 is 0. The van der Waals surface area contributed by atoms with Crippen LogP contribution in [0.4, 0.5) is 0 Å². The van der Waals surface area contributed by atoms with Gasteiger partial charge in [0.15, 0.2) is 0 Å². The molecule has 0 saturated carbocycles. The smallest absolute Gasteiger partial charge is 0.0146 e. The predicted octanol–water partition coefficient (Wildman–Crippen LogP) is 7.91. The van der Waals surface area contributed by atoms with Crippen molar-refractivity contribution in [2.45, 2.75) is 97.8 Å². The normalized spacial score (nSPS) is 13.7. The molecule has 0 aliphatic heterocycles. The lowest BCUT2D eigenvalue weighted by atomic mass is 9.65. The van der Waals surface area contributed by atoms with Crippen molar-refractivity contribution >= 4 is 0 Å². The third-order valence-electron chi connectivity index (χ3n) is 5.72. The van der Waals surface area contributed by atoms with Gasteiger partial charge in [-0.3, -0.25) is 0 Å². The Kier molecular flexibility index (Phi) is 5.47. The van der Waals surface area contributed by atoms with Crippen LogP contribution in [0.5, 0.6) is 0 Å². The monoisotopic (exact) mass is 364 g/mol. The van der Waals surface area contributed by atoms with E-state index in [1.807, 2.05) is 0 Å². The Morgan fingerprint density at radius 1 is 0.481 bits per heavy atom. The highest BCUT2D eigenvalue weighted by molar-refractivity contribution is 5.52. The van der Waals surface area contributed by atoms with Gasteiger partial charge >= 0.3 is 0 Å². The minimum atomic E-state index is -0.0301. The molecule has 2 aromatic rings. The quantitative estimate of drug-likeness (QED) is 0.508. The molecular formula is C27H40. The summed E-state index contributed by atoms with van der Waals surface area (Å²) in [4.78, 5) is 0. The first kappa shape index (κ1) is 21.7. The van der Waals surface area contributed by atoms with Crippen LogP contribution < -0.4 is 0 Å². The zero-order valence-electron chi connectivity index (χ0n) is 19.5. The molecule has 27 heavy (non-hydrogen) atoms. The van der Waals surface area contributed by atoms with Gasteiger partial charge in [0, 0.05) is 5.41 Å². The van der Waals surface area contributed by atoms with Crippen molar-refractivity contribution in [2.24, 2.45) is 0 Å². The number of rotatable bonds is 2. The van der Waals surface area contributed by atoms with Crippen molar-refractivity contribution in [3.8, 4) is 0 Å². The maximum Gasteiger partial charge on any atom is 0.0146 e. The third kappa shape index (κ3) is 4.48. The first-order chi connectivity index (χ1) is 12.1. The summed E-state index contributed by atoms with van der Waals surface area (Å²) in [6.07, 6.45) is 0. The van der Waals surface area contributed by atoms with Crippen molar-refractivity contribution in [3.05, 3.63) is 70.3 Å². The molecular weight excluding hydrogens is 324 g/mol. The van der Waals surface area contributed by atoms with Gasteiger partial charge in [0.1, 0.15) is 0 Å². The van der Waals surface area contributed by atoms with Crippen LogP contribution in [-0.2, 0) is 21.7 Å². The molecule has 0 bridgehead atoms. The second-order valence-corrected chi connectivity index (χ2v) is 11.7. The fraction of sp³-hybridized carbons (Fsp3) is 0.556. The Hall–Kier alpha value is -1.56. The molecule has 0 radical (unpaired) electrons. The first-order valence-corrected chi connectivity index (χ1v) is 10.3. The predicted molar refractivity (Wildman–Crippen MR) is 121 cm³/mol. The van der Waals surface area contributed by atoms with Crippen molar-refractivity contribution in [1.82, 2.24) is 0 Å². The molecule has 0 aliphatic rings. The van der Waals surface area contributed by atoms with Crippen LogP contribution in [0.25, 0.3) is 0 Å². The minimum Gasteiger partial charge on any atom is -0.0622 e. The van der Waals surface area contributed by atoms with E-state index in [1.165, 1.54) is 27.8 Å². The van der Waals surface area contributed by atoms with Crippen LogP contribution in [0, 0.1) is 0 Å². The van der Waals surface area contributed by atoms with Gasteiger partial charge in [-0.2, -0.15) is 0 Å². The Balaban J connectivity index is 2.91. The van der Waals surface area contributed by atoms with Crippen LogP contribution in [0.3, 0.4) is 0 Å². The Morgan fingerprint density at radius 3 is 1.22 bits per heavy atom. The maximum atomic E-state index is 2.49. The van der Waals surface area contributed by atoms with E-state index in [-0.39, 0.29) is 21.7 Å². The van der Waals surface area contributed by atoms with Gasteiger partial charge in [0.25, 0.3) is 0 Å². The Labute approximate surface area is 168 Å². The zero-order chi connectivity index (χ0) is 20.8. The molecule has 0 N–H and O–H groups in total. The van der Waals surface area contributed by atoms with Crippen molar-refractivity contribution in [3.63, 3.8) is 0 Å². The lowest BCUT2D eigenvalue weighted by Gasteiger charge is -2.39. The molecule has 0 heteroatoms. The summed E-state index contributed by atoms with van der Waals surface area (Å²) in [7, 11) is 0. The summed E-state index contributed by atoms with van der Waals surface area (Å²) < 4.78 is 0. The van der Waals surface area contributed by atoms with Crippen molar-refractivity contribution in [1.29, 1.82) is 0 Å². The Morgan fingerprint density at radius 2 is 0.889 bits per heavy atom. The zero-order valence-corrected chi connectivity index (χ0v) is 19.5. The highest BCUT2D eigenvalue weighted by Crippen LogP contribution is 2.44. The van der Waals surface area contributed by atoms with Gasteiger partial charge in [0.05, 0.1) is 0 Å². The van der Waals surface area contributed by atoms with E-state index in [4.69, 9.17) is 0 Å². The summed E-state index contributed by atoms with van der Waals surface area (Å²) in [6, 6.07) is 15.9. The molecule has 0 aliphatic carbocycles. The van der Waals surface area contributed by atoms with Crippen LogP contribution in [-0.4, -0.2) is 0 Å². The molecule has 0 heterocycles. The topological polar surface area (TPSA) is 0 Å². The summed E-state index contributed by atoms with van der Waals surface area (Å²) in [6.45, 7) is 25.9. The molecule has 148 valence electrons. The summed E-state index contributed by atoms with van der Waals surface area (Å²) in [5, 5.41) is 0. The van der Waals surface area contributed by atoms with Gasteiger partial charge in [0.2, 0.25) is 0 Å². The first-order valence-electron chi connectivity index (χ1n) is 10.3. The standard InChI is InChI=1S/C27H40/c1-24(2,3)21-17-20(27(10,11)19-15-13-12-14-16-19)18-22(25(4,5)6)23(21)26(7,8)9/h12-18H,1-11H3. The van der Waals surface area contributed by atoms with E-state index in [1.54, 1.807) is 0 Å². The van der Waals surface area contributed by atoms with E-state index in [0.717, 1.165) is 0 Å². The van der Waals surface area contributed by atoms with Crippen LogP contribution in [0.1, 0.15) is 104 Å². The molecule has 0 saturated heterocycles. The average molecular weight is 365 g/mol. The Bertz CT molecular complexity index is 750. The van der Waals surface area contributed by atoms with E-state index >= 15 is 0 Å². The van der Waals surface area contributed by atoms with Crippen LogP contribution in [0.2, 0.25) is 0 Å². The molecule has 0 amide bonds. The molecule has 0 spiro atoms. The lowest BCUT2D eigenvalue weighted by Crippen LogP contribution is -2.30. The van der Waals surface area contributed by atoms with Crippen LogP contribution in [0.15, 0.2) is 42.5 Å². The van der Waals surface area contributed by atoms with Gasteiger partial charge in [-0.15, -0.1) is 0 Å². The molecule has 0 atom stereocenters. The third-order valence-corrected chi connectivity index (χ3v) is 5.72. The summed E-state index contributed by atoms with van der Waals surface area (Å²) in [5.41, 5.74) is 7.57. The van der Waals surface area contributed by atoms with E-state index in [0.29, 0.717) is 0 Å². The van der Waals surface area contributed by atoms with Crippen molar-refractivity contribution in [2.75, 3.05) is 0 Å². The average Bonchev–Trinajstić information content (AvgIpc) is 2.52. The molecule has 2 rings (SSSR count). The second-order valence-electron chi connectivity index (χ2n) is 11.7. The fourth-order valence-corrected chi connectivity index (χ4v) is 4.02. The fourth-order valence-electron chi connectivity index (χ4n) is 4.02. The van der Waals surface area contributed by atoms with E-state index < -0.39 is 0 Å². The van der Waals surface area contributed by atoms with E-state index in [9.17, 15) is 0 Å². The molecule has 0 unspecified atom stereocenters. The number of hydrogen-bond donors (Lipinski definition) is 0. The maximum absolute atomic E-state index is 2.49. The highest BCUT2D eigenvalue weighted by atomic mass is 14.4. The number of benzene rings is 2. The molecule has 0 fully saturated rings. The van der Waals surface area contributed by atoms with Crippen molar-refractivity contribution < 1.29 is 0 Å². The lowest BCUT2D eigenvalue weighted by molar-refractivity contribution is 0.493. The second kappa shape index (κ2) is 6.80. The highest BCUT2D eigenvalue weighted by Gasteiger charge is 2.34. The molecule has 0 aromatic heterocycles. The van der Waals surface area contributed by atoms with Crippen LogP contribution >= 0.6 is 0 Å². The molecule has 0 nitrogen and oxygen atoms in total. The van der Waals surface area contributed by atoms with Gasteiger partial charge in [-0.05, 0) is 44.1 Å². The van der Waals surface area contributed by atoms with Gasteiger partial charge in [-0.25, -0.2) is 0 Å². The van der Waals surface area contributed by atoms with E-state index in [2.05, 4.69) is 119 Å². The minimum absolute atomic E-state index is 0.0301. The molecule has 2 aromatic carbocycles. The SMILES string of the molecule is CC(C)(C)c1cc(C(C)(C)c2ccccc2)cc(C(C)(C)C)c1C(C)(C)C. The van der Waals surface area contributed by atoms with Gasteiger partial charge < -0.3 is 0 Å². The number of hydrogen-bond acceptors (Lipinski definition) is 0. The largest absolute Gasteiger partial charge is 0.0622 e.